The largest absolute Gasteiger partial charge is 0.348 e. The average molecular weight is 448 g/mol. The molecule has 1 aromatic carbocycles. The molecule has 2 atom stereocenters. The van der Waals surface area contributed by atoms with Crippen LogP contribution < -0.4 is 10.6 Å². The molecule has 8 heteroatoms. The summed E-state index contributed by atoms with van der Waals surface area (Å²) in [6.07, 6.45) is 5.08. The average Bonchev–Trinajstić information content (AvgIpc) is 3.43. The number of hydrogen-bond acceptors (Lipinski definition) is 5. The van der Waals surface area contributed by atoms with E-state index in [0.717, 1.165) is 56.7 Å². The quantitative estimate of drug-likeness (QED) is 0.694. The smallest absolute Gasteiger partial charge is 0.255 e. The molecule has 2 saturated heterocycles. The SMILES string of the molecule is O=C1CCC(N2Cc3c(CN4CCn5cccc5C45CCCNC5)cccc3C2=O)C(=O)N1. The van der Waals surface area contributed by atoms with E-state index in [0.29, 0.717) is 18.5 Å². The molecular formula is C25H29N5O3. The molecule has 1 aromatic heterocycles. The molecule has 0 bridgehead atoms. The molecule has 172 valence electrons. The maximum atomic E-state index is 13.2. The normalized spacial score (nSPS) is 27.6. The summed E-state index contributed by atoms with van der Waals surface area (Å²) in [5.74, 6) is -0.733. The van der Waals surface area contributed by atoms with Gasteiger partial charge in [0, 0.05) is 56.6 Å². The fourth-order valence-corrected chi connectivity index (χ4v) is 6.25. The lowest BCUT2D eigenvalue weighted by atomic mass is 9.83. The molecule has 0 saturated carbocycles. The Hall–Kier alpha value is -2.97. The molecule has 0 radical (unpaired) electrons. The van der Waals surface area contributed by atoms with Gasteiger partial charge in [-0.15, -0.1) is 0 Å². The molecule has 2 fully saturated rings. The highest BCUT2D eigenvalue weighted by Crippen LogP contribution is 2.40. The Morgan fingerprint density at radius 2 is 2.00 bits per heavy atom. The van der Waals surface area contributed by atoms with Gasteiger partial charge in [0.15, 0.2) is 0 Å². The zero-order chi connectivity index (χ0) is 22.6. The second-order valence-corrected chi connectivity index (χ2v) is 9.66. The number of hydrogen-bond donors (Lipinski definition) is 2. The standard InChI is InChI=1S/C25H29N5O3/c31-22-8-7-20(23(32)27-22)30-15-19-17(4-1-5-18(19)24(30)33)14-29-13-12-28-11-2-6-21(28)25(29)9-3-10-26-16-25/h1-2,4-6,11,20,26H,3,7-10,12-16H2,(H,27,31,32). The van der Waals surface area contributed by atoms with E-state index in [1.165, 1.54) is 5.69 Å². The van der Waals surface area contributed by atoms with Gasteiger partial charge < -0.3 is 14.8 Å². The van der Waals surface area contributed by atoms with Gasteiger partial charge >= 0.3 is 0 Å². The van der Waals surface area contributed by atoms with Gasteiger partial charge in [0.25, 0.3) is 5.91 Å². The molecule has 2 aromatic rings. The maximum absolute atomic E-state index is 13.2. The number of benzene rings is 1. The number of imide groups is 1. The van der Waals surface area contributed by atoms with Crippen molar-refractivity contribution in [1.82, 2.24) is 25.0 Å². The first-order chi connectivity index (χ1) is 16.1. The zero-order valence-corrected chi connectivity index (χ0v) is 18.7. The summed E-state index contributed by atoms with van der Waals surface area (Å²) in [6.45, 7) is 5.08. The van der Waals surface area contributed by atoms with Gasteiger partial charge in [0.1, 0.15) is 6.04 Å². The van der Waals surface area contributed by atoms with Crippen molar-refractivity contribution in [2.45, 2.75) is 56.9 Å². The van der Waals surface area contributed by atoms with Gasteiger partial charge in [0.05, 0.1) is 5.54 Å². The third-order valence-corrected chi connectivity index (χ3v) is 7.92. The van der Waals surface area contributed by atoms with Gasteiger partial charge in [-0.1, -0.05) is 12.1 Å². The molecular weight excluding hydrogens is 418 g/mol. The number of amides is 3. The van der Waals surface area contributed by atoms with E-state index in [1.54, 1.807) is 4.90 Å². The van der Waals surface area contributed by atoms with E-state index < -0.39 is 6.04 Å². The topological polar surface area (TPSA) is 86.7 Å². The first kappa shape index (κ1) is 20.6. The Morgan fingerprint density at radius 3 is 2.82 bits per heavy atom. The third kappa shape index (κ3) is 3.23. The molecule has 4 aliphatic heterocycles. The van der Waals surface area contributed by atoms with Crippen LogP contribution in [0.4, 0.5) is 0 Å². The fraction of sp³-hybridized carbons (Fsp3) is 0.480. The minimum Gasteiger partial charge on any atom is -0.348 e. The molecule has 8 nitrogen and oxygen atoms in total. The highest BCUT2D eigenvalue weighted by molar-refractivity contribution is 6.05. The number of carbonyl (C=O) groups is 3. The lowest BCUT2D eigenvalue weighted by Crippen LogP contribution is -2.59. The van der Waals surface area contributed by atoms with Crippen LogP contribution in [0, 0.1) is 0 Å². The van der Waals surface area contributed by atoms with Crippen molar-refractivity contribution in [3.05, 3.63) is 58.9 Å². The molecule has 5 heterocycles. The van der Waals surface area contributed by atoms with E-state index >= 15 is 0 Å². The van der Waals surface area contributed by atoms with Crippen molar-refractivity contribution < 1.29 is 14.4 Å². The van der Waals surface area contributed by atoms with E-state index in [1.807, 2.05) is 12.1 Å². The van der Waals surface area contributed by atoms with Gasteiger partial charge in [-0.25, -0.2) is 0 Å². The number of nitrogens with one attached hydrogen (secondary N) is 2. The van der Waals surface area contributed by atoms with Crippen LogP contribution in [0.2, 0.25) is 0 Å². The predicted octanol–water partition coefficient (Wildman–Crippen LogP) is 1.34. The summed E-state index contributed by atoms with van der Waals surface area (Å²) in [5.41, 5.74) is 4.19. The molecule has 6 rings (SSSR count). The van der Waals surface area contributed by atoms with Gasteiger partial charge in [-0.3, -0.25) is 24.6 Å². The molecule has 1 spiro atoms. The lowest BCUT2D eigenvalue weighted by Gasteiger charge is -2.50. The van der Waals surface area contributed by atoms with Crippen molar-refractivity contribution in [1.29, 1.82) is 0 Å². The highest BCUT2D eigenvalue weighted by atomic mass is 16.2. The van der Waals surface area contributed by atoms with Gasteiger partial charge in [-0.05, 0) is 55.1 Å². The maximum Gasteiger partial charge on any atom is 0.255 e. The minimum atomic E-state index is -0.581. The zero-order valence-electron chi connectivity index (χ0n) is 18.7. The molecule has 4 aliphatic rings. The third-order valence-electron chi connectivity index (χ3n) is 7.92. The molecule has 3 amide bonds. The van der Waals surface area contributed by atoms with Crippen LogP contribution in [0.25, 0.3) is 0 Å². The van der Waals surface area contributed by atoms with Crippen LogP contribution >= 0.6 is 0 Å². The van der Waals surface area contributed by atoms with Crippen LogP contribution in [0.5, 0.6) is 0 Å². The van der Waals surface area contributed by atoms with Crippen LogP contribution in [0.3, 0.4) is 0 Å². The summed E-state index contributed by atoms with van der Waals surface area (Å²) >= 11 is 0. The number of rotatable bonds is 3. The molecule has 0 aliphatic carbocycles. The first-order valence-electron chi connectivity index (χ1n) is 11.9. The Labute approximate surface area is 192 Å². The first-order valence-corrected chi connectivity index (χ1v) is 11.9. The van der Waals surface area contributed by atoms with Crippen molar-refractivity contribution in [3.8, 4) is 0 Å². The summed E-state index contributed by atoms with van der Waals surface area (Å²) in [6, 6.07) is 9.76. The molecule has 33 heavy (non-hydrogen) atoms. The van der Waals surface area contributed by atoms with Crippen LogP contribution in [-0.2, 0) is 34.8 Å². The van der Waals surface area contributed by atoms with Crippen LogP contribution in [0.1, 0.15) is 52.9 Å². The Kier molecular flexibility index (Phi) is 4.88. The van der Waals surface area contributed by atoms with E-state index in [4.69, 9.17) is 0 Å². The number of nitrogens with zero attached hydrogens (tertiary/aromatic N) is 3. The summed E-state index contributed by atoms with van der Waals surface area (Å²) < 4.78 is 2.38. The Balaban J connectivity index is 1.30. The van der Waals surface area contributed by atoms with Crippen molar-refractivity contribution in [2.75, 3.05) is 19.6 Å². The number of aromatic nitrogens is 1. The van der Waals surface area contributed by atoms with E-state index in [9.17, 15) is 14.4 Å². The second kappa shape index (κ2) is 7.81. The summed E-state index contributed by atoms with van der Waals surface area (Å²) in [5, 5.41) is 6.01. The molecule has 2 N–H and O–H groups in total. The van der Waals surface area contributed by atoms with Gasteiger partial charge in [-0.2, -0.15) is 0 Å². The van der Waals surface area contributed by atoms with Crippen LogP contribution in [0.15, 0.2) is 36.5 Å². The Bertz CT molecular complexity index is 1130. The van der Waals surface area contributed by atoms with Crippen molar-refractivity contribution in [3.63, 3.8) is 0 Å². The summed E-state index contributed by atoms with van der Waals surface area (Å²) in [4.78, 5) is 41.5. The lowest BCUT2D eigenvalue weighted by molar-refractivity contribution is -0.136. The predicted molar refractivity (Wildman–Crippen MR) is 121 cm³/mol. The highest BCUT2D eigenvalue weighted by Gasteiger charge is 2.45. The number of piperidine rings is 2. The van der Waals surface area contributed by atoms with E-state index in [2.05, 4.69) is 44.5 Å². The van der Waals surface area contributed by atoms with Crippen molar-refractivity contribution in [2.24, 2.45) is 0 Å². The summed E-state index contributed by atoms with van der Waals surface area (Å²) in [7, 11) is 0. The Morgan fingerprint density at radius 1 is 1.09 bits per heavy atom. The van der Waals surface area contributed by atoms with Crippen molar-refractivity contribution >= 4 is 17.7 Å². The van der Waals surface area contributed by atoms with E-state index in [-0.39, 0.29) is 29.7 Å². The number of fused-ring (bicyclic) bond motifs is 3. The van der Waals surface area contributed by atoms with Crippen LogP contribution in [-0.4, -0.2) is 57.8 Å². The van der Waals surface area contributed by atoms with Gasteiger partial charge in [0.2, 0.25) is 11.8 Å². The molecule has 2 unspecified atom stereocenters. The minimum absolute atomic E-state index is 0.0470. The fourth-order valence-electron chi connectivity index (χ4n) is 6.25. The second-order valence-electron chi connectivity index (χ2n) is 9.66. The monoisotopic (exact) mass is 447 g/mol. The number of carbonyl (C=O) groups excluding carboxylic acids is 3.